The highest BCUT2D eigenvalue weighted by atomic mass is 35.5. The van der Waals surface area contributed by atoms with Crippen molar-refractivity contribution < 1.29 is 13.2 Å². The Morgan fingerprint density at radius 1 is 1.41 bits per heavy atom. The van der Waals surface area contributed by atoms with Gasteiger partial charge in [0, 0.05) is 12.7 Å². The molecule has 17 heavy (non-hydrogen) atoms. The van der Waals surface area contributed by atoms with Gasteiger partial charge in [0.2, 0.25) is 0 Å². The van der Waals surface area contributed by atoms with Gasteiger partial charge in [0.1, 0.15) is 6.54 Å². The van der Waals surface area contributed by atoms with E-state index in [0.717, 1.165) is 11.2 Å². The molecule has 0 bridgehead atoms. The van der Waals surface area contributed by atoms with Crippen LogP contribution in [0.1, 0.15) is 19.5 Å². The van der Waals surface area contributed by atoms with Gasteiger partial charge in [-0.25, -0.2) is 0 Å². The summed E-state index contributed by atoms with van der Waals surface area (Å²) in [7, 11) is 0. The van der Waals surface area contributed by atoms with Gasteiger partial charge in [-0.05, 0) is 18.5 Å². The SMILES string of the molecule is CC(C)CNCc1ccn(CC(F)(F)F)n1.Cl. The minimum Gasteiger partial charge on any atom is -0.311 e. The Hall–Kier alpha value is -0.750. The molecule has 1 rings (SSSR count). The first-order valence-electron chi connectivity index (χ1n) is 5.16. The summed E-state index contributed by atoms with van der Waals surface area (Å²) in [6, 6.07) is 1.60. The highest BCUT2D eigenvalue weighted by Crippen LogP contribution is 2.16. The van der Waals surface area contributed by atoms with E-state index < -0.39 is 12.7 Å². The van der Waals surface area contributed by atoms with Crippen LogP contribution < -0.4 is 5.32 Å². The van der Waals surface area contributed by atoms with E-state index in [1.54, 1.807) is 6.07 Å². The summed E-state index contributed by atoms with van der Waals surface area (Å²) < 4.78 is 37.0. The summed E-state index contributed by atoms with van der Waals surface area (Å²) in [5.74, 6) is 0.511. The summed E-state index contributed by atoms with van der Waals surface area (Å²) in [6.07, 6.45) is -2.87. The molecule has 0 saturated carbocycles. The number of aromatic nitrogens is 2. The zero-order chi connectivity index (χ0) is 12.2. The summed E-state index contributed by atoms with van der Waals surface area (Å²) in [6.45, 7) is 4.43. The van der Waals surface area contributed by atoms with Gasteiger partial charge in [0.15, 0.2) is 0 Å². The molecule has 7 heteroatoms. The van der Waals surface area contributed by atoms with Gasteiger partial charge in [0.25, 0.3) is 0 Å². The van der Waals surface area contributed by atoms with E-state index >= 15 is 0 Å². The van der Waals surface area contributed by atoms with Crippen LogP contribution in [0.2, 0.25) is 0 Å². The van der Waals surface area contributed by atoms with Gasteiger partial charge in [-0.2, -0.15) is 18.3 Å². The van der Waals surface area contributed by atoms with Crippen molar-refractivity contribution in [3.05, 3.63) is 18.0 Å². The van der Waals surface area contributed by atoms with Crippen LogP contribution in [0.25, 0.3) is 0 Å². The standard InChI is InChI=1S/C10H16F3N3.ClH/c1-8(2)5-14-6-9-3-4-16(15-9)7-10(11,12)13;/h3-4,8,14H,5-7H2,1-2H3;1H. The number of hydrogen-bond donors (Lipinski definition) is 1. The van der Waals surface area contributed by atoms with Gasteiger partial charge < -0.3 is 5.32 Å². The predicted molar refractivity (Wildman–Crippen MR) is 62.1 cm³/mol. The summed E-state index contributed by atoms with van der Waals surface area (Å²) in [5, 5.41) is 6.95. The third kappa shape index (κ3) is 7.23. The Balaban J connectivity index is 0.00000256. The normalized spacial score (nSPS) is 11.6. The van der Waals surface area contributed by atoms with E-state index in [1.165, 1.54) is 6.20 Å². The molecule has 0 aliphatic carbocycles. The topological polar surface area (TPSA) is 29.9 Å². The Morgan fingerprint density at radius 2 is 2.06 bits per heavy atom. The molecule has 0 atom stereocenters. The first-order chi connectivity index (χ1) is 7.37. The smallest absolute Gasteiger partial charge is 0.311 e. The first-order valence-corrected chi connectivity index (χ1v) is 5.16. The second-order valence-corrected chi connectivity index (χ2v) is 4.14. The molecule has 1 aromatic heterocycles. The molecule has 1 N–H and O–H groups in total. The molecule has 0 aliphatic heterocycles. The van der Waals surface area contributed by atoms with Crippen molar-refractivity contribution in [3.63, 3.8) is 0 Å². The molecule has 0 amide bonds. The lowest BCUT2D eigenvalue weighted by atomic mass is 10.2. The molecule has 0 unspecified atom stereocenters. The fraction of sp³-hybridized carbons (Fsp3) is 0.700. The average molecular weight is 272 g/mol. The number of hydrogen-bond acceptors (Lipinski definition) is 2. The Bertz CT molecular complexity index is 323. The predicted octanol–water partition coefficient (Wildman–Crippen LogP) is 2.61. The number of nitrogens with zero attached hydrogens (tertiary/aromatic N) is 2. The zero-order valence-electron chi connectivity index (χ0n) is 9.79. The lowest BCUT2D eigenvalue weighted by Crippen LogP contribution is -2.20. The second-order valence-electron chi connectivity index (χ2n) is 4.14. The molecular formula is C10H17ClF3N3. The molecule has 1 aromatic rings. The highest BCUT2D eigenvalue weighted by Gasteiger charge is 2.28. The van der Waals surface area contributed by atoms with E-state index in [0.29, 0.717) is 18.2 Å². The van der Waals surface area contributed by atoms with Crippen molar-refractivity contribution in [1.29, 1.82) is 0 Å². The molecular weight excluding hydrogens is 255 g/mol. The van der Waals surface area contributed by atoms with Crippen molar-refractivity contribution in [2.45, 2.75) is 33.1 Å². The monoisotopic (exact) mass is 271 g/mol. The zero-order valence-corrected chi connectivity index (χ0v) is 10.6. The summed E-state index contributed by atoms with van der Waals surface area (Å²) >= 11 is 0. The molecule has 3 nitrogen and oxygen atoms in total. The third-order valence-corrected chi connectivity index (χ3v) is 1.90. The lowest BCUT2D eigenvalue weighted by molar-refractivity contribution is -0.142. The number of halogens is 4. The van der Waals surface area contributed by atoms with E-state index in [2.05, 4.69) is 24.3 Å². The fourth-order valence-corrected chi connectivity index (χ4v) is 1.26. The maximum atomic E-state index is 12.0. The molecule has 0 aromatic carbocycles. The van der Waals surface area contributed by atoms with Crippen LogP contribution >= 0.6 is 12.4 Å². The second kappa shape index (κ2) is 6.86. The van der Waals surface area contributed by atoms with E-state index in [9.17, 15) is 13.2 Å². The van der Waals surface area contributed by atoms with Crippen molar-refractivity contribution in [1.82, 2.24) is 15.1 Å². The fourth-order valence-electron chi connectivity index (χ4n) is 1.26. The minimum atomic E-state index is -4.21. The first kappa shape index (κ1) is 16.2. The number of alkyl halides is 3. The number of nitrogens with one attached hydrogen (secondary N) is 1. The van der Waals surface area contributed by atoms with Gasteiger partial charge in [-0.1, -0.05) is 13.8 Å². The van der Waals surface area contributed by atoms with Crippen LogP contribution in [-0.4, -0.2) is 22.5 Å². The van der Waals surface area contributed by atoms with Gasteiger partial charge >= 0.3 is 6.18 Å². The Labute approximate surface area is 105 Å². The minimum absolute atomic E-state index is 0. The van der Waals surface area contributed by atoms with Crippen LogP contribution in [0.15, 0.2) is 12.3 Å². The van der Waals surface area contributed by atoms with E-state index in [4.69, 9.17) is 0 Å². The van der Waals surface area contributed by atoms with Gasteiger partial charge in [-0.3, -0.25) is 4.68 Å². The van der Waals surface area contributed by atoms with Crippen LogP contribution in [-0.2, 0) is 13.1 Å². The van der Waals surface area contributed by atoms with Crippen LogP contribution in [0, 0.1) is 5.92 Å². The highest BCUT2D eigenvalue weighted by molar-refractivity contribution is 5.85. The quantitative estimate of drug-likeness (QED) is 0.892. The average Bonchev–Trinajstić information content (AvgIpc) is 2.48. The maximum absolute atomic E-state index is 12.0. The van der Waals surface area contributed by atoms with Crippen LogP contribution in [0.5, 0.6) is 0 Å². The van der Waals surface area contributed by atoms with Crippen molar-refractivity contribution in [3.8, 4) is 0 Å². The van der Waals surface area contributed by atoms with Crippen LogP contribution in [0.3, 0.4) is 0 Å². The van der Waals surface area contributed by atoms with Gasteiger partial charge in [0.05, 0.1) is 5.69 Å². The van der Waals surface area contributed by atoms with Gasteiger partial charge in [-0.15, -0.1) is 12.4 Å². The van der Waals surface area contributed by atoms with E-state index in [1.807, 2.05) is 0 Å². The molecule has 0 radical (unpaired) electrons. The maximum Gasteiger partial charge on any atom is 0.408 e. The van der Waals surface area contributed by atoms with Crippen molar-refractivity contribution >= 4 is 12.4 Å². The molecule has 100 valence electrons. The Kier molecular flexibility index (Phi) is 6.56. The van der Waals surface area contributed by atoms with Crippen LogP contribution in [0.4, 0.5) is 13.2 Å². The molecule has 0 saturated heterocycles. The number of rotatable bonds is 5. The van der Waals surface area contributed by atoms with E-state index in [-0.39, 0.29) is 12.4 Å². The van der Waals surface area contributed by atoms with Crippen molar-refractivity contribution in [2.24, 2.45) is 5.92 Å². The molecule has 1 heterocycles. The molecule has 0 aliphatic rings. The summed E-state index contributed by atoms with van der Waals surface area (Å²) in [5.41, 5.74) is 0.630. The summed E-state index contributed by atoms with van der Waals surface area (Å²) in [4.78, 5) is 0. The molecule has 0 spiro atoms. The molecule has 0 fully saturated rings. The van der Waals surface area contributed by atoms with Crippen molar-refractivity contribution in [2.75, 3.05) is 6.54 Å². The third-order valence-electron chi connectivity index (χ3n) is 1.90. The largest absolute Gasteiger partial charge is 0.408 e. The lowest BCUT2D eigenvalue weighted by Gasteiger charge is -2.06. The Morgan fingerprint density at radius 3 is 2.59 bits per heavy atom.